The molecule has 0 bridgehead atoms. The first kappa shape index (κ1) is 58.8. The number of para-hydroxylation sites is 1. The molecule has 98 heavy (non-hydrogen) atoms. The molecule has 10 nitrogen and oxygen atoms in total. The van der Waals surface area contributed by atoms with Crippen LogP contribution >= 0.6 is 23.5 Å². The van der Waals surface area contributed by atoms with Crippen LogP contribution in [0.3, 0.4) is 0 Å². The topological polar surface area (TPSA) is 148 Å². The van der Waals surface area contributed by atoms with Crippen molar-refractivity contribution in [2.45, 2.75) is 6.61 Å². The number of pyridine rings is 4. The molecular weight excluding hydrogens is 1240 g/mol. The summed E-state index contributed by atoms with van der Waals surface area (Å²) >= 11 is 2.45. The van der Waals surface area contributed by atoms with Gasteiger partial charge in [-0.15, -0.1) is 0 Å². The largest absolute Gasteiger partial charge is 1.00 e. The van der Waals surface area contributed by atoms with Gasteiger partial charge in [0.15, 0.2) is 0 Å². The number of H-pyrrole nitrogens is 1. The van der Waals surface area contributed by atoms with E-state index in [2.05, 4.69) is 211 Å². The second kappa shape index (κ2) is 23.9. The third kappa shape index (κ3) is 9.64. The molecule has 454 valence electrons. The molecule has 0 saturated carbocycles. The van der Waals surface area contributed by atoms with E-state index in [4.69, 9.17) is 32.4 Å². The molecule has 0 unspecified atom stereocenters. The van der Waals surface area contributed by atoms with Gasteiger partial charge in [-0.3, -0.25) is 0 Å². The summed E-state index contributed by atoms with van der Waals surface area (Å²) in [4.78, 5) is 19.0. The Balaban J connectivity index is 0.000000141. The van der Waals surface area contributed by atoms with E-state index in [1.807, 2.05) is 60.7 Å². The Kier molecular flexibility index (Phi) is 14.3. The molecular formula is C85H50LiN8O2S2+. The van der Waals surface area contributed by atoms with Gasteiger partial charge in [0.05, 0.1) is 58.2 Å². The Morgan fingerprint density at radius 3 is 1.11 bits per heavy atom. The van der Waals surface area contributed by atoms with E-state index in [0.29, 0.717) is 5.56 Å². The molecule has 2 N–H and O–H groups in total. The monoisotopic (exact) mass is 1290 g/mol. The van der Waals surface area contributed by atoms with E-state index in [9.17, 15) is 10.2 Å². The number of fused-ring (bicyclic) bond motifs is 20. The van der Waals surface area contributed by atoms with Crippen LogP contribution < -0.4 is 29.0 Å². The normalized spacial score (nSPS) is 11.7. The third-order valence-electron chi connectivity index (χ3n) is 19.2. The van der Waals surface area contributed by atoms with Crippen molar-refractivity contribution in [3.8, 4) is 73.0 Å². The number of rotatable bonds is 7. The summed E-state index contributed by atoms with van der Waals surface area (Å²) in [6.45, 7) is -0.0474. The molecule has 0 aliphatic rings. The molecule has 6 aromatic heterocycles. The molecule has 0 radical (unpaired) electrons. The Morgan fingerprint density at radius 2 is 0.643 bits per heavy atom. The Bertz CT molecular complexity index is 6620. The molecule has 0 amide bonds. The molecule has 6 heterocycles. The quantitative estimate of drug-likeness (QED) is 0.122. The van der Waals surface area contributed by atoms with Crippen LogP contribution in [0.25, 0.3) is 198 Å². The second-order valence-electron chi connectivity index (χ2n) is 24.5. The van der Waals surface area contributed by atoms with Crippen LogP contribution in [0.5, 0.6) is 5.75 Å². The maximum Gasteiger partial charge on any atom is 1.00 e. The Hall–Kier alpha value is -11.7. The van der Waals surface area contributed by atoms with Crippen LogP contribution in [0.4, 0.5) is 0 Å². The molecule has 14 aromatic carbocycles. The molecule has 20 rings (SSSR count). The molecule has 20 aromatic rings. The molecule has 0 aliphatic heterocycles. The van der Waals surface area contributed by atoms with Gasteiger partial charge in [-0.1, -0.05) is 218 Å². The second-order valence-corrected chi connectivity index (χ2v) is 25.6. The standard InChI is InChI=1S/C43H26N4OS.C42H24N4OS.Li/c48-24-28-7-1-2-8-29(28)38-21-16-25-13-14-26-17-22-39(45-41(26)40(25)44-38)36-20-19-30(42-43(36)47-49-46-42)27-15-18-35-33-11-4-3-9-31(33)32-10-5-6-12-34(32)37(35)23-27;47-38-12-6-5-11-33(38)36-21-16-24-13-14-25-17-22-37(44-40(25)39(24)43-36)34-20-19-27(41-42(34)46-48-45-41)26-15-18-32-30-9-2-1-7-28(30)29-8-3-4-10-31(29)35(32)23-26;/h1-23,48H,24H2;1-23,47H;/q;;+1. The van der Waals surface area contributed by atoms with Crippen molar-refractivity contribution in [1.29, 1.82) is 0 Å². The van der Waals surface area contributed by atoms with Crippen LogP contribution in [0, 0.1) is 0 Å². The van der Waals surface area contributed by atoms with Crippen molar-refractivity contribution in [2.75, 3.05) is 0 Å². The fourth-order valence-corrected chi connectivity index (χ4v) is 15.7. The summed E-state index contributed by atoms with van der Waals surface area (Å²) in [7, 11) is 0. The van der Waals surface area contributed by atoms with E-state index in [0.717, 1.165) is 133 Å². The average molecular weight is 1290 g/mol. The molecule has 0 saturated heterocycles. The summed E-state index contributed by atoms with van der Waals surface area (Å²) in [5.41, 5.74) is 18.5. The van der Waals surface area contributed by atoms with Gasteiger partial charge in [-0.05, 0) is 142 Å². The number of aromatic nitrogens is 8. The van der Waals surface area contributed by atoms with Gasteiger partial charge >= 0.3 is 18.9 Å². The van der Waals surface area contributed by atoms with E-state index >= 15 is 0 Å². The molecule has 0 spiro atoms. The molecule has 13 heteroatoms. The molecule has 0 fully saturated rings. The van der Waals surface area contributed by atoms with Crippen LogP contribution in [0.15, 0.2) is 279 Å². The summed E-state index contributed by atoms with van der Waals surface area (Å²) in [5, 5.41) is 41.6. The van der Waals surface area contributed by atoms with E-state index in [1.165, 1.54) is 88.1 Å². The number of hydrogen-bond acceptors (Lipinski definition) is 11. The van der Waals surface area contributed by atoms with Crippen molar-refractivity contribution in [3.05, 3.63) is 285 Å². The number of aromatic amines is 1. The van der Waals surface area contributed by atoms with Crippen molar-refractivity contribution < 1.29 is 34.1 Å². The zero-order valence-corrected chi connectivity index (χ0v) is 54.2. The van der Waals surface area contributed by atoms with Crippen molar-refractivity contribution >= 4 is 154 Å². The minimum atomic E-state index is -0.0474. The predicted molar refractivity (Wildman–Crippen MR) is 398 cm³/mol. The SMILES string of the molecule is OCc1ccccc1-c1ccc2ccc3ccc(-c4ccc(-c5ccc6c7ccccc7c7ccccc7c6c5)c5nsnc45)nc3c2n1.[Li+].[O-]c1ccccc1-c1ccc2ccc3ccc(-c4ccc(-c5ccc6c7ccccc7c7ccccc7c6c5)c5nsnc45)nc3c2[nH+]1. The van der Waals surface area contributed by atoms with Crippen LogP contribution in [-0.2, 0) is 6.61 Å². The van der Waals surface area contributed by atoms with Crippen molar-refractivity contribution in [3.63, 3.8) is 0 Å². The van der Waals surface area contributed by atoms with Crippen LogP contribution in [0.1, 0.15) is 5.56 Å². The summed E-state index contributed by atoms with van der Waals surface area (Å²) in [6.07, 6.45) is 0. The summed E-state index contributed by atoms with van der Waals surface area (Å²) < 4.78 is 19.2. The zero-order valence-electron chi connectivity index (χ0n) is 52.6. The van der Waals surface area contributed by atoms with Gasteiger partial charge < -0.3 is 10.2 Å². The van der Waals surface area contributed by atoms with Gasteiger partial charge in [0, 0.05) is 61.0 Å². The number of hydrogen-bond donors (Lipinski definition) is 1. The Labute approximate surface area is 580 Å². The van der Waals surface area contributed by atoms with Crippen molar-refractivity contribution in [1.82, 2.24) is 32.4 Å². The smallest absolute Gasteiger partial charge is 0.872 e. The van der Waals surface area contributed by atoms with Gasteiger partial charge in [0.1, 0.15) is 27.6 Å². The minimum Gasteiger partial charge on any atom is -0.872 e. The Morgan fingerprint density at radius 1 is 0.296 bits per heavy atom. The number of nitrogens with one attached hydrogen (secondary N) is 1. The summed E-state index contributed by atoms with van der Waals surface area (Å²) in [5.74, 6) is -0.0200. The maximum atomic E-state index is 12.6. The summed E-state index contributed by atoms with van der Waals surface area (Å²) in [6, 6.07) is 96.2. The first-order valence-corrected chi connectivity index (χ1v) is 33.5. The number of nitrogens with zero attached hydrogens (tertiary/aromatic N) is 7. The van der Waals surface area contributed by atoms with Gasteiger partial charge in [0.25, 0.3) is 0 Å². The van der Waals surface area contributed by atoms with E-state index < -0.39 is 0 Å². The van der Waals surface area contributed by atoms with Gasteiger partial charge in [-0.25, -0.2) is 19.9 Å². The zero-order chi connectivity index (χ0) is 64.2. The van der Waals surface area contributed by atoms with Crippen molar-refractivity contribution in [2.24, 2.45) is 0 Å². The van der Waals surface area contributed by atoms with E-state index in [1.54, 1.807) is 12.1 Å². The number of benzene rings is 14. The number of aliphatic hydroxyl groups is 1. The van der Waals surface area contributed by atoms with Gasteiger partial charge in [-0.2, -0.15) is 17.5 Å². The fourth-order valence-electron chi connectivity index (χ4n) is 14.6. The first-order valence-electron chi connectivity index (χ1n) is 32.1. The fraction of sp³-hybridized carbons (Fsp3) is 0.0118. The molecule has 0 atom stereocenters. The maximum absolute atomic E-state index is 12.6. The molecule has 0 aliphatic carbocycles. The average Bonchev–Trinajstić information content (AvgIpc) is 0.903. The van der Waals surface area contributed by atoms with Crippen LogP contribution in [-0.4, -0.2) is 37.6 Å². The first-order chi connectivity index (χ1) is 48.0. The third-order valence-corrected chi connectivity index (χ3v) is 20.3. The van der Waals surface area contributed by atoms with E-state index in [-0.39, 0.29) is 31.2 Å². The van der Waals surface area contributed by atoms with Gasteiger partial charge in [0.2, 0.25) is 11.2 Å². The van der Waals surface area contributed by atoms with Crippen LogP contribution in [0.2, 0.25) is 0 Å². The predicted octanol–water partition coefficient (Wildman–Crippen LogP) is 17.5. The minimum absolute atomic E-state index is 0. The number of aliphatic hydroxyl groups excluding tert-OH is 1.